The van der Waals surface area contributed by atoms with Gasteiger partial charge in [0.25, 0.3) is 5.91 Å². The summed E-state index contributed by atoms with van der Waals surface area (Å²) in [6.07, 6.45) is 6.08. The van der Waals surface area contributed by atoms with Gasteiger partial charge >= 0.3 is 0 Å². The molecule has 0 saturated heterocycles. The maximum absolute atomic E-state index is 14.0. The fourth-order valence-electron chi connectivity index (χ4n) is 3.85. The van der Waals surface area contributed by atoms with Crippen molar-refractivity contribution in [3.8, 4) is 0 Å². The number of hydrogen-bond acceptors (Lipinski definition) is 2. The summed E-state index contributed by atoms with van der Waals surface area (Å²) in [6, 6.07) is 1.64. The number of halogens is 1. The highest BCUT2D eigenvalue weighted by Gasteiger charge is 2.51. The van der Waals surface area contributed by atoms with Crippen molar-refractivity contribution in [3.05, 3.63) is 28.6 Å². The molecule has 1 aromatic carbocycles. The quantitative estimate of drug-likeness (QED) is 0.777. The maximum atomic E-state index is 14.0. The van der Waals surface area contributed by atoms with Crippen LogP contribution in [0.15, 0.2) is 6.07 Å². The number of carbonyl (C=O) groups is 1. The Labute approximate surface area is 124 Å². The second kappa shape index (κ2) is 5.09. The van der Waals surface area contributed by atoms with Gasteiger partial charge < -0.3 is 10.4 Å². The van der Waals surface area contributed by atoms with E-state index in [1.807, 2.05) is 0 Å². The average molecular weight is 291 g/mol. The van der Waals surface area contributed by atoms with E-state index in [1.165, 1.54) is 0 Å². The zero-order chi connectivity index (χ0) is 15.2. The Morgan fingerprint density at radius 2 is 1.86 bits per heavy atom. The van der Waals surface area contributed by atoms with Gasteiger partial charge in [-0.2, -0.15) is 0 Å². The molecular formula is C17H22FNO2. The molecule has 3 nitrogen and oxygen atoms in total. The summed E-state index contributed by atoms with van der Waals surface area (Å²) in [5.74, 6) is -0.776. The van der Waals surface area contributed by atoms with E-state index in [1.54, 1.807) is 19.9 Å². The molecule has 4 heteroatoms. The van der Waals surface area contributed by atoms with Crippen molar-refractivity contribution in [2.45, 2.75) is 58.0 Å². The van der Waals surface area contributed by atoms with E-state index in [0.717, 1.165) is 38.5 Å². The number of amides is 1. The van der Waals surface area contributed by atoms with Gasteiger partial charge in [0.1, 0.15) is 5.82 Å². The summed E-state index contributed by atoms with van der Waals surface area (Å²) in [5.41, 5.74) is 0.437. The number of benzene rings is 1. The molecule has 2 aliphatic rings. The minimum absolute atomic E-state index is 0.0782. The lowest BCUT2D eigenvalue weighted by Crippen LogP contribution is -2.41. The van der Waals surface area contributed by atoms with Gasteiger partial charge in [-0.25, -0.2) is 4.39 Å². The molecule has 114 valence electrons. The van der Waals surface area contributed by atoms with Crippen LogP contribution < -0.4 is 5.32 Å². The maximum Gasteiger partial charge on any atom is 0.261 e. The summed E-state index contributed by atoms with van der Waals surface area (Å²) < 4.78 is 14.0. The van der Waals surface area contributed by atoms with Crippen molar-refractivity contribution in [1.82, 2.24) is 0 Å². The van der Waals surface area contributed by atoms with E-state index in [9.17, 15) is 14.3 Å². The normalized spacial score (nSPS) is 26.4. The minimum atomic E-state index is -1.50. The minimum Gasteiger partial charge on any atom is -0.375 e. The van der Waals surface area contributed by atoms with Crippen LogP contribution in [0.25, 0.3) is 0 Å². The Bertz CT molecular complexity index is 591. The van der Waals surface area contributed by atoms with Crippen LogP contribution in [0, 0.1) is 25.6 Å². The van der Waals surface area contributed by atoms with E-state index in [4.69, 9.17) is 0 Å². The standard InChI is InChI=1S/C17H22FNO2/c1-10-9-13-15(11(2)14(10)18)19-16(20)17(13,21)12-7-5-3-4-6-8-12/h9,12,21H,3-8H2,1-2H3,(H,19,20). The summed E-state index contributed by atoms with van der Waals surface area (Å²) >= 11 is 0. The fraction of sp³-hybridized carbons (Fsp3) is 0.588. The SMILES string of the molecule is Cc1cc2c(c(C)c1F)NC(=O)C2(O)C1CCCCCC1. The first-order valence-electron chi connectivity index (χ1n) is 7.80. The lowest BCUT2D eigenvalue weighted by atomic mass is 9.77. The third kappa shape index (κ3) is 2.08. The number of aryl methyl sites for hydroxylation is 1. The first kappa shape index (κ1) is 14.5. The lowest BCUT2D eigenvalue weighted by molar-refractivity contribution is -0.140. The Morgan fingerprint density at radius 1 is 1.24 bits per heavy atom. The van der Waals surface area contributed by atoms with Crippen molar-refractivity contribution < 1.29 is 14.3 Å². The molecule has 1 atom stereocenters. The van der Waals surface area contributed by atoms with E-state index in [-0.39, 0.29) is 11.7 Å². The van der Waals surface area contributed by atoms with Crippen molar-refractivity contribution >= 4 is 11.6 Å². The molecule has 21 heavy (non-hydrogen) atoms. The van der Waals surface area contributed by atoms with E-state index in [2.05, 4.69) is 5.32 Å². The largest absolute Gasteiger partial charge is 0.375 e. The van der Waals surface area contributed by atoms with E-state index < -0.39 is 11.5 Å². The van der Waals surface area contributed by atoms with Gasteiger partial charge in [-0.3, -0.25) is 4.79 Å². The molecule has 1 aromatic rings. The Hall–Kier alpha value is -1.42. The van der Waals surface area contributed by atoms with Gasteiger partial charge in [0.05, 0.1) is 5.69 Å². The van der Waals surface area contributed by atoms with Crippen LogP contribution in [0.2, 0.25) is 0 Å². The third-order valence-electron chi connectivity index (χ3n) is 5.12. The molecule has 1 saturated carbocycles. The lowest BCUT2D eigenvalue weighted by Gasteiger charge is -2.30. The topological polar surface area (TPSA) is 49.3 Å². The van der Waals surface area contributed by atoms with Crippen LogP contribution in [-0.2, 0) is 10.4 Å². The molecule has 0 bridgehead atoms. The van der Waals surface area contributed by atoms with Crippen LogP contribution in [0.1, 0.15) is 55.2 Å². The molecule has 1 unspecified atom stereocenters. The summed E-state index contributed by atoms with van der Waals surface area (Å²) in [7, 11) is 0. The molecule has 0 spiro atoms. The fourth-order valence-corrected chi connectivity index (χ4v) is 3.85. The number of aliphatic hydroxyl groups is 1. The molecule has 1 aliphatic carbocycles. The predicted molar refractivity (Wildman–Crippen MR) is 79.6 cm³/mol. The third-order valence-corrected chi connectivity index (χ3v) is 5.12. The van der Waals surface area contributed by atoms with Crippen LogP contribution in [0.5, 0.6) is 0 Å². The van der Waals surface area contributed by atoms with Crippen molar-refractivity contribution in [3.63, 3.8) is 0 Å². The Kier molecular flexibility index (Phi) is 3.52. The molecule has 1 heterocycles. The van der Waals surface area contributed by atoms with E-state index >= 15 is 0 Å². The smallest absolute Gasteiger partial charge is 0.261 e. The van der Waals surface area contributed by atoms with Crippen molar-refractivity contribution in [2.24, 2.45) is 5.92 Å². The average Bonchev–Trinajstić information content (AvgIpc) is 2.68. The van der Waals surface area contributed by atoms with Gasteiger partial charge in [-0.15, -0.1) is 0 Å². The van der Waals surface area contributed by atoms with Crippen LogP contribution >= 0.6 is 0 Å². The number of fused-ring (bicyclic) bond motifs is 1. The summed E-state index contributed by atoms with van der Waals surface area (Å²) in [5, 5.41) is 13.9. The Morgan fingerprint density at radius 3 is 2.48 bits per heavy atom. The Balaban J connectivity index is 2.11. The van der Waals surface area contributed by atoms with Gasteiger partial charge in [0, 0.05) is 17.0 Å². The molecule has 2 N–H and O–H groups in total. The molecule has 0 radical (unpaired) electrons. The van der Waals surface area contributed by atoms with Gasteiger partial charge in [-0.1, -0.05) is 25.7 Å². The van der Waals surface area contributed by atoms with Gasteiger partial charge in [0.15, 0.2) is 5.60 Å². The highest BCUT2D eigenvalue weighted by Crippen LogP contribution is 2.47. The zero-order valence-electron chi connectivity index (χ0n) is 12.6. The van der Waals surface area contributed by atoms with Crippen LogP contribution in [0.3, 0.4) is 0 Å². The molecule has 0 aromatic heterocycles. The molecule has 1 amide bonds. The predicted octanol–water partition coefficient (Wildman–Crippen LogP) is 3.55. The first-order valence-corrected chi connectivity index (χ1v) is 7.80. The second-order valence-corrected chi connectivity index (χ2v) is 6.46. The summed E-state index contributed by atoms with van der Waals surface area (Å²) in [6.45, 7) is 3.33. The molecule has 3 rings (SSSR count). The highest BCUT2D eigenvalue weighted by atomic mass is 19.1. The summed E-state index contributed by atoms with van der Waals surface area (Å²) in [4.78, 5) is 12.5. The second-order valence-electron chi connectivity index (χ2n) is 6.46. The molecular weight excluding hydrogens is 269 g/mol. The van der Waals surface area contributed by atoms with Gasteiger partial charge in [-0.05, 0) is 38.3 Å². The molecule has 1 fully saturated rings. The van der Waals surface area contributed by atoms with Gasteiger partial charge in [0.2, 0.25) is 0 Å². The van der Waals surface area contributed by atoms with E-state index in [0.29, 0.717) is 22.4 Å². The number of anilines is 1. The number of rotatable bonds is 1. The van der Waals surface area contributed by atoms with Crippen LogP contribution in [-0.4, -0.2) is 11.0 Å². The zero-order valence-corrected chi connectivity index (χ0v) is 12.6. The van der Waals surface area contributed by atoms with Crippen molar-refractivity contribution in [2.75, 3.05) is 5.32 Å². The highest BCUT2D eigenvalue weighted by molar-refractivity contribution is 6.06. The number of hydrogen-bond donors (Lipinski definition) is 2. The molecule has 1 aliphatic heterocycles. The van der Waals surface area contributed by atoms with Crippen LogP contribution in [0.4, 0.5) is 10.1 Å². The number of nitrogens with one attached hydrogen (secondary N) is 1. The number of carbonyl (C=O) groups excluding carboxylic acids is 1. The first-order chi connectivity index (χ1) is 9.96. The van der Waals surface area contributed by atoms with Crippen molar-refractivity contribution in [1.29, 1.82) is 0 Å². The monoisotopic (exact) mass is 291 g/mol.